The van der Waals surface area contributed by atoms with Crippen LogP contribution in [0.2, 0.25) is 0 Å². The van der Waals surface area contributed by atoms with E-state index in [1.54, 1.807) is 0 Å². The van der Waals surface area contributed by atoms with E-state index >= 15 is 0 Å². The van der Waals surface area contributed by atoms with Crippen LogP contribution in [0.4, 0.5) is 0 Å². The molecule has 1 aliphatic heterocycles. The van der Waals surface area contributed by atoms with E-state index in [0.29, 0.717) is 0 Å². The van der Waals surface area contributed by atoms with Crippen LogP contribution in [-0.2, 0) is 0 Å². The fourth-order valence-corrected chi connectivity index (χ4v) is 1.91. The summed E-state index contributed by atoms with van der Waals surface area (Å²) in [6, 6.07) is 0.272. The monoisotopic (exact) mass is 194 g/mol. The zero-order valence-electron chi connectivity index (χ0n) is 9.26. The van der Waals surface area contributed by atoms with Crippen molar-refractivity contribution in [2.75, 3.05) is 26.2 Å². The Labute approximate surface area is 88.1 Å². The standard InChI is InChI=1S/C12H22N2/c1-3-12(4-2)13-8-7-11-14-9-5-6-10-14/h1,12-13H,4-11H2,2H3. The summed E-state index contributed by atoms with van der Waals surface area (Å²) in [5.74, 6) is 2.76. The van der Waals surface area contributed by atoms with Crippen molar-refractivity contribution in [3.05, 3.63) is 0 Å². The van der Waals surface area contributed by atoms with Gasteiger partial charge in [0, 0.05) is 0 Å². The Bertz CT molecular complexity index is 177. The fourth-order valence-electron chi connectivity index (χ4n) is 1.91. The van der Waals surface area contributed by atoms with Crippen LogP contribution in [-0.4, -0.2) is 37.1 Å². The third kappa shape index (κ3) is 4.13. The second kappa shape index (κ2) is 6.86. The minimum atomic E-state index is 0.272. The summed E-state index contributed by atoms with van der Waals surface area (Å²) in [6.45, 7) is 7.00. The quantitative estimate of drug-likeness (QED) is 0.509. The second-order valence-electron chi connectivity index (χ2n) is 3.98. The first-order chi connectivity index (χ1) is 6.86. The van der Waals surface area contributed by atoms with Gasteiger partial charge in [-0.05, 0) is 51.9 Å². The number of hydrogen-bond acceptors (Lipinski definition) is 2. The molecule has 2 nitrogen and oxygen atoms in total. The van der Waals surface area contributed by atoms with Crippen molar-refractivity contribution in [1.29, 1.82) is 0 Å². The molecule has 0 spiro atoms. The van der Waals surface area contributed by atoms with Gasteiger partial charge >= 0.3 is 0 Å². The minimum absolute atomic E-state index is 0.272. The van der Waals surface area contributed by atoms with Crippen molar-refractivity contribution < 1.29 is 0 Å². The Kier molecular flexibility index (Phi) is 5.66. The van der Waals surface area contributed by atoms with Crippen LogP contribution >= 0.6 is 0 Å². The molecule has 14 heavy (non-hydrogen) atoms. The third-order valence-corrected chi connectivity index (χ3v) is 2.85. The molecule has 1 N–H and O–H groups in total. The normalized spacial score (nSPS) is 19.4. The van der Waals surface area contributed by atoms with Gasteiger partial charge in [-0.1, -0.05) is 12.8 Å². The van der Waals surface area contributed by atoms with E-state index in [-0.39, 0.29) is 6.04 Å². The van der Waals surface area contributed by atoms with E-state index < -0.39 is 0 Å². The molecular formula is C12H22N2. The molecule has 1 rings (SSSR count). The Balaban J connectivity index is 1.96. The summed E-state index contributed by atoms with van der Waals surface area (Å²) in [5, 5.41) is 3.38. The SMILES string of the molecule is C#CC(CC)NCCCN1CCCC1. The van der Waals surface area contributed by atoms with Crippen LogP contribution in [0.5, 0.6) is 0 Å². The van der Waals surface area contributed by atoms with E-state index in [4.69, 9.17) is 6.42 Å². The van der Waals surface area contributed by atoms with Crippen LogP contribution in [0, 0.1) is 12.3 Å². The summed E-state index contributed by atoms with van der Waals surface area (Å²) < 4.78 is 0. The number of rotatable bonds is 6. The van der Waals surface area contributed by atoms with Crippen molar-refractivity contribution in [2.45, 2.75) is 38.6 Å². The maximum atomic E-state index is 5.36. The lowest BCUT2D eigenvalue weighted by molar-refractivity contribution is 0.329. The smallest absolute Gasteiger partial charge is 0.0684 e. The predicted octanol–water partition coefficient (Wildman–Crippen LogP) is 1.47. The van der Waals surface area contributed by atoms with E-state index in [0.717, 1.165) is 13.0 Å². The average molecular weight is 194 g/mol. The highest BCUT2D eigenvalue weighted by Crippen LogP contribution is 2.06. The maximum absolute atomic E-state index is 5.36. The number of nitrogens with one attached hydrogen (secondary N) is 1. The van der Waals surface area contributed by atoms with Gasteiger partial charge in [-0.2, -0.15) is 0 Å². The molecule has 1 heterocycles. The van der Waals surface area contributed by atoms with Crippen LogP contribution in [0.15, 0.2) is 0 Å². The highest BCUT2D eigenvalue weighted by atomic mass is 15.1. The Morgan fingerprint density at radius 2 is 2.14 bits per heavy atom. The van der Waals surface area contributed by atoms with Gasteiger partial charge in [-0.25, -0.2) is 0 Å². The first-order valence-corrected chi connectivity index (χ1v) is 5.78. The van der Waals surface area contributed by atoms with Crippen molar-refractivity contribution in [1.82, 2.24) is 10.2 Å². The second-order valence-corrected chi connectivity index (χ2v) is 3.98. The van der Waals surface area contributed by atoms with Gasteiger partial charge in [0.05, 0.1) is 6.04 Å². The lowest BCUT2D eigenvalue weighted by atomic mass is 10.2. The molecule has 1 atom stereocenters. The van der Waals surface area contributed by atoms with Gasteiger partial charge in [0.2, 0.25) is 0 Å². The van der Waals surface area contributed by atoms with Crippen molar-refractivity contribution >= 4 is 0 Å². The topological polar surface area (TPSA) is 15.3 Å². The molecule has 1 unspecified atom stereocenters. The summed E-state index contributed by atoms with van der Waals surface area (Å²) >= 11 is 0. The highest BCUT2D eigenvalue weighted by molar-refractivity contribution is 4.97. The zero-order valence-corrected chi connectivity index (χ0v) is 9.26. The maximum Gasteiger partial charge on any atom is 0.0684 e. The molecule has 0 aromatic heterocycles. The summed E-state index contributed by atoms with van der Waals surface area (Å²) in [4.78, 5) is 2.54. The largest absolute Gasteiger partial charge is 0.304 e. The predicted molar refractivity (Wildman–Crippen MR) is 61.2 cm³/mol. The molecule has 0 aromatic rings. The summed E-state index contributed by atoms with van der Waals surface area (Å²) in [7, 11) is 0. The highest BCUT2D eigenvalue weighted by Gasteiger charge is 2.10. The molecule has 1 fully saturated rings. The van der Waals surface area contributed by atoms with E-state index in [1.165, 1.54) is 38.9 Å². The van der Waals surface area contributed by atoms with E-state index in [9.17, 15) is 0 Å². The van der Waals surface area contributed by atoms with Crippen molar-refractivity contribution in [3.63, 3.8) is 0 Å². The average Bonchev–Trinajstić information content (AvgIpc) is 2.71. The number of nitrogens with zero attached hydrogens (tertiary/aromatic N) is 1. The van der Waals surface area contributed by atoms with Gasteiger partial charge in [-0.3, -0.25) is 0 Å². The lowest BCUT2D eigenvalue weighted by Crippen LogP contribution is -2.30. The van der Waals surface area contributed by atoms with Crippen LogP contribution in [0.3, 0.4) is 0 Å². The molecule has 0 bridgehead atoms. The fraction of sp³-hybridized carbons (Fsp3) is 0.833. The number of hydrogen-bond donors (Lipinski definition) is 1. The third-order valence-electron chi connectivity index (χ3n) is 2.85. The molecule has 2 heteroatoms. The van der Waals surface area contributed by atoms with Gasteiger partial charge < -0.3 is 10.2 Å². The molecule has 80 valence electrons. The van der Waals surface area contributed by atoms with E-state index in [1.807, 2.05) is 0 Å². The van der Waals surface area contributed by atoms with Crippen LogP contribution in [0.1, 0.15) is 32.6 Å². The van der Waals surface area contributed by atoms with Crippen molar-refractivity contribution in [2.24, 2.45) is 0 Å². The number of terminal acetylenes is 1. The Hall–Kier alpha value is -0.520. The van der Waals surface area contributed by atoms with Gasteiger partial charge in [-0.15, -0.1) is 6.42 Å². The first kappa shape index (κ1) is 11.6. The van der Waals surface area contributed by atoms with Gasteiger partial charge in [0.25, 0.3) is 0 Å². The molecular weight excluding hydrogens is 172 g/mol. The first-order valence-electron chi connectivity index (χ1n) is 5.78. The summed E-state index contributed by atoms with van der Waals surface area (Å²) in [5.41, 5.74) is 0. The zero-order chi connectivity index (χ0) is 10.2. The summed E-state index contributed by atoms with van der Waals surface area (Å²) in [6.07, 6.45) is 10.4. The minimum Gasteiger partial charge on any atom is -0.304 e. The Morgan fingerprint density at radius 1 is 1.43 bits per heavy atom. The molecule has 1 aliphatic rings. The molecule has 0 aromatic carbocycles. The Morgan fingerprint density at radius 3 is 2.71 bits per heavy atom. The molecule has 0 saturated carbocycles. The van der Waals surface area contributed by atoms with Crippen LogP contribution in [0.25, 0.3) is 0 Å². The van der Waals surface area contributed by atoms with Gasteiger partial charge in [0.15, 0.2) is 0 Å². The number of likely N-dealkylation sites (tertiary alicyclic amines) is 1. The van der Waals surface area contributed by atoms with Crippen LogP contribution < -0.4 is 5.32 Å². The molecule has 0 radical (unpaired) electrons. The molecule has 0 aliphatic carbocycles. The van der Waals surface area contributed by atoms with Crippen molar-refractivity contribution in [3.8, 4) is 12.3 Å². The molecule has 1 saturated heterocycles. The van der Waals surface area contributed by atoms with Gasteiger partial charge in [0.1, 0.15) is 0 Å². The van der Waals surface area contributed by atoms with E-state index in [2.05, 4.69) is 23.1 Å². The lowest BCUT2D eigenvalue weighted by Gasteiger charge is -2.15. The molecule has 0 amide bonds.